The molecule has 1 aliphatic rings. The Bertz CT molecular complexity index is 531. The lowest BCUT2D eigenvalue weighted by Crippen LogP contribution is -2.52. The van der Waals surface area contributed by atoms with Gasteiger partial charge in [0.25, 0.3) is 5.91 Å². The van der Waals surface area contributed by atoms with Crippen LogP contribution in [0.1, 0.15) is 20.3 Å². The molecule has 1 amide bonds. The molecular formula is C15H19NO5. The Labute approximate surface area is 123 Å². The highest BCUT2D eigenvalue weighted by Crippen LogP contribution is 2.33. The van der Waals surface area contributed by atoms with Gasteiger partial charge in [-0.25, -0.2) is 0 Å². The van der Waals surface area contributed by atoms with Gasteiger partial charge in [0, 0.05) is 6.54 Å². The molecule has 0 saturated carbocycles. The highest BCUT2D eigenvalue weighted by molar-refractivity contribution is 5.85. The molecule has 1 heterocycles. The average molecular weight is 293 g/mol. The molecule has 2 rings (SSSR count). The summed E-state index contributed by atoms with van der Waals surface area (Å²) < 4.78 is 11.4. The van der Waals surface area contributed by atoms with E-state index in [9.17, 15) is 9.59 Å². The zero-order valence-electron chi connectivity index (χ0n) is 12.1. The quantitative estimate of drug-likeness (QED) is 0.891. The summed E-state index contributed by atoms with van der Waals surface area (Å²) in [4.78, 5) is 24.7. The van der Waals surface area contributed by atoms with Crippen molar-refractivity contribution in [1.29, 1.82) is 0 Å². The van der Waals surface area contributed by atoms with Gasteiger partial charge in [-0.05, 0) is 25.5 Å². The number of hydrogen-bond donors (Lipinski definition) is 1. The van der Waals surface area contributed by atoms with E-state index in [1.807, 2.05) is 13.0 Å². The van der Waals surface area contributed by atoms with E-state index in [1.165, 1.54) is 4.90 Å². The number of carboxylic acid groups (broad SMARTS) is 1. The van der Waals surface area contributed by atoms with Crippen molar-refractivity contribution in [3.8, 4) is 11.5 Å². The largest absolute Gasteiger partial charge is 0.482 e. The van der Waals surface area contributed by atoms with Crippen LogP contribution in [0.4, 0.5) is 0 Å². The number of nitrogens with zero attached hydrogens (tertiary/aromatic N) is 1. The Morgan fingerprint density at radius 3 is 2.43 bits per heavy atom. The standard InChI is InChI=1S/C15H19NO5/c1-3-8-16(9-13(17)18)15(19)14-10(2)20-11-6-4-5-7-12(11)21-14/h4-7,10,14H,3,8-9H2,1-2H3,(H,17,18). The average Bonchev–Trinajstić information content (AvgIpc) is 2.45. The van der Waals surface area contributed by atoms with Gasteiger partial charge < -0.3 is 19.5 Å². The Morgan fingerprint density at radius 1 is 1.24 bits per heavy atom. The van der Waals surface area contributed by atoms with Gasteiger partial charge in [0.15, 0.2) is 11.5 Å². The van der Waals surface area contributed by atoms with Crippen LogP contribution in [0.2, 0.25) is 0 Å². The fourth-order valence-electron chi connectivity index (χ4n) is 2.27. The third-order valence-electron chi connectivity index (χ3n) is 3.22. The SMILES string of the molecule is CCCN(CC(=O)O)C(=O)C1Oc2ccccc2OC1C. The fourth-order valence-corrected chi connectivity index (χ4v) is 2.27. The minimum atomic E-state index is -1.04. The topological polar surface area (TPSA) is 76.1 Å². The van der Waals surface area contributed by atoms with E-state index in [2.05, 4.69) is 0 Å². The van der Waals surface area contributed by atoms with Gasteiger partial charge in [0.05, 0.1) is 0 Å². The number of carbonyl (C=O) groups excluding carboxylic acids is 1. The highest BCUT2D eigenvalue weighted by Gasteiger charge is 2.37. The smallest absolute Gasteiger partial charge is 0.323 e. The first-order chi connectivity index (χ1) is 10.0. The van der Waals surface area contributed by atoms with Crippen LogP contribution in [0.25, 0.3) is 0 Å². The number of benzene rings is 1. The van der Waals surface area contributed by atoms with Crippen LogP contribution >= 0.6 is 0 Å². The van der Waals surface area contributed by atoms with Gasteiger partial charge >= 0.3 is 5.97 Å². The summed E-state index contributed by atoms with van der Waals surface area (Å²) in [6.45, 7) is 3.67. The molecule has 2 unspecified atom stereocenters. The summed E-state index contributed by atoms with van der Waals surface area (Å²) in [5.41, 5.74) is 0. The molecule has 0 spiro atoms. The van der Waals surface area contributed by atoms with Gasteiger partial charge in [0.2, 0.25) is 6.10 Å². The molecule has 1 aliphatic heterocycles. The predicted octanol–water partition coefficient (Wildman–Crippen LogP) is 1.54. The first kappa shape index (κ1) is 15.2. The van der Waals surface area contributed by atoms with Crippen molar-refractivity contribution in [1.82, 2.24) is 4.90 Å². The number of rotatable bonds is 5. The fraction of sp³-hybridized carbons (Fsp3) is 0.467. The molecule has 0 aromatic heterocycles. The summed E-state index contributed by atoms with van der Waals surface area (Å²) in [5, 5.41) is 8.92. The highest BCUT2D eigenvalue weighted by atomic mass is 16.6. The van der Waals surface area contributed by atoms with Crippen molar-refractivity contribution in [3.05, 3.63) is 24.3 Å². The summed E-state index contributed by atoms with van der Waals surface area (Å²) in [7, 11) is 0. The van der Waals surface area contributed by atoms with Crippen molar-refractivity contribution in [3.63, 3.8) is 0 Å². The Balaban J connectivity index is 2.16. The predicted molar refractivity (Wildman–Crippen MR) is 75.5 cm³/mol. The van der Waals surface area contributed by atoms with Crippen molar-refractivity contribution in [2.75, 3.05) is 13.1 Å². The number of hydrogen-bond acceptors (Lipinski definition) is 4. The Morgan fingerprint density at radius 2 is 1.86 bits per heavy atom. The Hall–Kier alpha value is -2.24. The number of ether oxygens (including phenoxy) is 2. The van der Waals surface area contributed by atoms with Crippen molar-refractivity contribution in [2.24, 2.45) is 0 Å². The van der Waals surface area contributed by atoms with E-state index in [1.54, 1.807) is 25.1 Å². The van der Waals surface area contributed by atoms with E-state index >= 15 is 0 Å². The van der Waals surface area contributed by atoms with Gasteiger partial charge in [-0.15, -0.1) is 0 Å². The monoisotopic (exact) mass is 293 g/mol. The van der Waals surface area contributed by atoms with Crippen LogP contribution in [0.3, 0.4) is 0 Å². The first-order valence-corrected chi connectivity index (χ1v) is 6.95. The second-order valence-corrected chi connectivity index (χ2v) is 4.96. The zero-order valence-corrected chi connectivity index (χ0v) is 12.1. The number of carboxylic acids is 1. The number of amides is 1. The van der Waals surface area contributed by atoms with Crippen molar-refractivity contribution < 1.29 is 24.2 Å². The molecular weight excluding hydrogens is 274 g/mol. The maximum absolute atomic E-state index is 12.5. The first-order valence-electron chi connectivity index (χ1n) is 6.95. The summed E-state index contributed by atoms with van der Waals surface area (Å²) in [5.74, 6) is -0.308. The van der Waals surface area contributed by atoms with E-state index in [4.69, 9.17) is 14.6 Å². The van der Waals surface area contributed by atoms with Crippen LogP contribution in [0.15, 0.2) is 24.3 Å². The van der Waals surface area contributed by atoms with E-state index in [0.29, 0.717) is 24.5 Å². The normalized spacial score (nSPS) is 19.9. The van der Waals surface area contributed by atoms with Crippen LogP contribution < -0.4 is 9.47 Å². The van der Waals surface area contributed by atoms with Crippen molar-refractivity contribution >= 4 is 11.9 Å². The maximum Gasteiger partial charge on any atom is 0.323 e. The van der Waals surface area contributed by atoms with Crippen LogP contribution in [-0.4, -0.2) is 47.2 Å². The molecule has 1 aromatic carbocycles. The molecule has 0 fully saturated rings. The van der Waals surface area contributed by atoms with E-state index < -0.39 is 18.2 Å². The van der Waals surface area contributed by atoms with Gasteiger partial charge in [0.1, 0.15) is 12.6 Å². The third kappa shape index (κ3) is 3.45. The molecule has 6 nitrogen and oxygen atoms in total. The summed E-state index contributed by atoms with van der Waals surface area (Å²) in [6.07, 6.45) is -0.622. The minimum absolute atomic E-state index is 0.332. The summed E-state index contributed by atoms with van der Waals surface area (Å²) in [6, 6.07) is 7.11. The number of carbonyl (C=O) groups is 2. The lowest BCUT2D eigenvalue weighted by molar-refractivity contribution is -0.151. The lowest BCUT2D eigenvalue weighted by Gasteiger charge is -2.34. The Kier molecular flexibility index (Phi) is 4.67. The molecule has 0 saturated heterocycles. The molecule has 1 N–H and O–H groups in total. The number of aliphatic carboxylic acids is 1. The van der Waals surface area contributed by atoms with Crippen LogP contribution in [0, 0.1) is 0 Å². The van der Waals surface area contributed by atoms with Gasteiger partial charge in [-0.2, -0.15) is 0 Å². The third-order valence-corrected chi connectivity index (χ3v) is 3.22. The van der Waals surface area contributed by atoms with E-state index in [0.717, 1.165) is 0 Å². The molecule has 2 atom stereocenters. The molecule has 21 heavy (non-hydrogen) atoms. The summed E-state index contributed by atoms with van der Waals surface area (Å²) >= 11 is 0. The van der Waals surface area contributed by atoms with Crippen molar-refractivity contribution in [2.45, 2.75) is 32.5 Å². The van der Waals surface area contributed by atoms with Crippen LogP contribution in [0.5, 0.6) is 11.5 Å². The maximum atomic E-state index is 12.5. The molecule has 0 aliphatic carbocycles. The number of fused-ring (bicyclic) bond motifs is 1. The minimum Gasteiger partial charge on any atom is -0.482 e. The second-order valence-electron chi connectivity index (χ2n) is 4.96. The second kappa shape index (κ2) is 6.47. The van der Waals surface area contributed by atoms with Gasteiger partial charge in [-0.1, -0.05) is 19.1 Å². The number of para-hydroxylation sites is 2. The lowest BCUT2D eigenvalue weighted by atomic mass is 10.1. The van der Waals surface area contributed by atoms with E-state index in [-0.39, 0.29) is 12.5 Å². The molecule has 0 radical (unpaired) electrons. The molecule has 6 heteroatoms. The molecule has 0 bridgehead atoms. The van der Waals surface area contributed by atoms with Gasteiger partial charge in [-0.3, -0.25) is 9.59 Å². The zero-order chi connectivity index (χ0) is 15.4. The molecule has 114 valence electrons. The van der Waals surface area contributed by atoms with Crippen LogP contribution in [-0.2, 0) is 9.59 Å². The molecule has 1 aromatic rings.